The van der Waals surface area contributed by atoms with Gasteiger partial charge >= 0.3 is 0 Å². The van der Waals surface area contributed by atoms with E-state index in [-0.39, 0.29) is 6.04 Å². The summed E-state index contributed by atoms with van der Waals surface area (Å²) in [5, 5.41) is 15.5. The van der Waals surface area contributed by atoms with Crippen LogP contribution in [0.4, 0.5) is 0 Å². The van der Waals surface area contributed by atoms with E-state index in [2.05, 4.69) is 41.6 Å². The van der Waals surface area contributed by atoms with E-state index in [1.54, 1.807) is 14.2 Å². The fourth-order valence-corrected chi connectivity index (χ4v) is 2.55. The summed E-state index contributed by atoms with van der Waals surface area (Å²) in [7, 11) is 3.42. The first kappa shape index (κ1) is 18.3. The largest absolute Gasteiger partial charge is 0.496 e. The van der Waals surface area contributed by atoms with E-state index in [9.17, 15) is 0 Å². The number of ether oxygens (including phenoxy) is 1. The van der Waals surface area contributed by atoms with Gasteiger partial charge in [-0.1, -0.05) is 29.8 Å². The minimum absolute atomic E-state index is 0.0435. The number of rotatable bonds is 5. The van der Waals surface area contributed by atoms with Crippen LogP contribution >= 0.6 is 0 Å². The molecule has 5 nitrogen and oxygen atoms in total. The molecule has 130 valence electrons. The summed E-state index contributed by atoms with van der Waals surface area (Å²) >= 11 is 0. The van der Waals surface area contributed by atoms with Gasteiger partial charge < -0.3 is 15.4 Å². The molecule has 2 N–H and O–H groups in total. The van der Waals surface area contributed by atoms with Crippen LogP contribution in [0.3, 0.4) is 0 Å². The Morgan fingerprint density at radius 3 is 2.56 bits per heavy atom. The van der Waals surface area contributed by atoms with E-state index in [0.717, 1.165) is 16.9 Å². The summed E-state index contributed by atoms with van der Waals surface area (Å²) in [4.78, 5) is 4.28. The number of nitrogens with one attached hydrogen (secondary N) is 2. The Labute approximate surface area is 149 Å². The summed E-state index contributed by atoms with van der Waals surface area (Å²) in [6.45, 7) is 4.77. The van der Waals surface area contributed by atoms with Gasteiger partial charge in [-0.25, -0.2) is 0 Å². The molecule has 25 heavy (non-hydrogen) atoms. The van der Waals surface area contributed by atoms with Gasteiger partial charge in [0.05, 0.1) is 24.8 Å². The Morgan fingerprint density at radius 2 is 1.96 bits per heavy atom. The van der Waals surface area contributed by atoms with Crippen molar-refractivity contribution in [1.29, 1.82) is 5.26 Å². The molecule has 2 rings (SSSR count). The first-order chi connectivity index (χ1) is 12.1. The van der Waals surface area contributed by atoms with Gasteiger partial charge in [-0.05, 0) is 37.6 Å². The molecule has 0 bridgehead atoms. The Hall–Kier alpha value is -3.00. The zero-order valence-corrected chi connectivity index (χ0v) is 15.1. The number of nitrogens with zero attached hydrogens (tertiary/aromatic N) is 2. The number of aliphatic imine (C=N–C) groups is 1. The third-order valence-corrected chi connectivity index (χ3v) is 3.97. The highest BCUT2D eigenvalue weighted by Crippen LogP contribution is 2.25. The highest BCUT2D eigenvalue weighted by molar-refractivity contribution is 5.80. The predicted octanol–water partition coefficient (Wildman–Crippen LogP) is 3.30. The Morgan fingerprint density at radius 1 is 1.24 bits per heavy atom. The molecule has 2 aromatic carbocycles. The van der Waals surface area contributed by atoms with Crippen molar-refractivity contribution in [3.63, 3.8) is 0 Å². The summed E-state index contributed by atoms with van der Waals surface area (Å²) < 4.78 is 5.46. The molecule has 1 atom stereocenters. The average Bonchev–Trinajstić information content (AvgIpc) is 2.65. The van der Waals surface area contributed by atoms with E-state index in [1.807, 2.05) is 36.4 Å². The number of hydrogen-bond acceptors (Lipinski definition) is 3. The number of aryl methyl sites for hydroxylation is 1. The minimum atomic E-state index is 0.0435. The van der Waals surface area contributed by atoms with Gasteiger partial charge in [-0.15, -0.1) is 0 Å². The molecule has 0 amide bonds. The second-order valence-corrected chi connectivity index (χ2v) is 5.85. The second-order valence-electron chi connectivity index (χ2n) is 5.85. The molecule has 0 aliphatic heterocycles. The van der Waals surface area contributed by atoms with E-state index >= 15 is 0 Å². The summed E-state index contributed by atoms with van der Waals surface area (Å²) in [5.74, 6) is 1.56. The molecule has 5 heteroatoms. The standard InChI is InChI=1S/C20H24N4O/c1-14-5-10-19(25-4)18(11-14)15(2)24-20(22-3)23-13-17-8-6-16(12-21)7-9-17/h5-11,15H,13H2,1-4H3,(H2,22,23,24). The Bertz CT molecular complexity index is 775. The fraction of sp³-hybridized carbons (Fsp3) is 0.300. The number of nitriles is 1. The van der Waals surface area contributed by atoms with Crippen LogP contribution < -0.4 is 15.4 Å². The van der Waals surface area contributed by atoms with Crippen LogP contribution in [0.25, 0.3) is 0 Å². The molecule has 0 radical (unpaired) electrons. The van der Waals surface area contributed by atoms with Crippen molar-refractivity contribution in [2.24, 2.45) is 4.99 Å². The highest BCUT2D eigenvalue weighted by Gasteiger charge is 2.13. The minimum Gasteiger partial charge on any atom is -0.496 e. The highest BCUT2D eigenvalue weighted by atomic mass is 16.5. The van der Waals surface area contributed by atoms with E-state index < -0.39 is 0 Å². The molecule has 2 aromatic rings. The van der Waals surface area contributed by atoms with Gasteiger partial charge in [0.2, 0.25) is 0 Å². The predicted molar refractivity (Wildman–Crippen MR) is 101 cm³/mol. The topological polar surface area (TPSA) is 69.4 Å². The van der Waals surface area contributed by atoms with Crippen LogP contribution in [0.1, 0.15) is 35.2 Å². The van der Waals surface area contributed by atoms with Crippen molar-refractivity contribution < 1.29 is 4.74 Å². The lowest BCUT2D eigenvalue weighted by molar-refractivity contribution is 0.405. The van der Waals surface area contributed by atoms with Crippen molar-refractivity contribution in [1.82, 2.24) is 10.6 Å². The van der Waals surface area contributed by atoms with Crippen molar-refractivity contribution in [3.8, 4) is 11.8 Å². The maximum absolute atomic E-state index is 8.85. The van der Waals surface area contributed by atoms with Crippen molar-refractivity contribution in [2.75, 3.05) is 14.2 Å². The van der Waals surface area contributed by atoms with Crippen LogP contribution in [-0.2, 0) is 6.54 Å². The van der Waals surface area contributed by atoms with Crippen LogP contribution in [0.2, 0.25) is 0 Å². The van der Waals surface area contributed by atoms with Gasteiger partial charge in [0, 0.05) is 19.2 Å². The first-order valence-corrected chi connectivity index (χ1v) is 8.18. The van der Waals surface area contributed by atoms with Crippen molar-refractivity contribution in [3.05, 3.63) is 64.7 Å². The van der Waals surface area contributed by atoms with Gasteiger partial charge in [-0.3, -0.25) is 4.99 Å². The number of guanidine groups is 1. The summed E-state index contributed by atoms with van der Waals surface area (Å²) in [6, 6.07) is 15.8. The summed E-state index contributed by atoms with van der Waals surface area (Å²) in [5.41, 5.74) is 4.02. The lowest BCUT2D eigenvalue weighted by atomic mass is 10.0. The third kappa shape index (κ3) is 4.98. The van der Waals surface area contributed by atoms with E-state index in [0.29, 0.717) is 18.1 Å². The molecule has 1 unspecified atom stereocenters. The van der Waals surface area contributed by atoms with Gasteiger partial charge in [-0.2, -0.15) is 5.26 Å². The lowest BCUT2D eigenvalue weighted by Crippen LogP contribution is -2.38. The van der Waals surface area contributed by atoms with Crippen molar-refractivity contribution in [2.45, 2.75) is 26.4 Å². The molecule has 0 saturated heterocycles. The maximum Gasteiger partial charge on any atom is 0.191 e. The van der Waals surface area contributed by atoms with Crippen LogP contribution in [0.15, 0.2) is 47.5 Å². The van der Waals surface area contributed by atoms with Gasteiger partial charge in [0.25, 0.3) is 0 Å². The number of benzene rings is 2. The van der Waals surface area contributed by atoms with Crippen LogP contribution in [0, 0.1) is 18.3 Å². The monoisotopic (exact) mass is 336 g/mol. The molecule has 0 aliphatic carbocycles. The number of hydrogen-bond donors (Lipinski definition) is 2. The van der Waals surface area contributed by atoms with Gasteiger partial charge in [0.1, 0.15) is 5.75 Å². The van der Waals surface area contributed by atoms with Gasteiger partial charge in [0.15, 0.2) is 5.96 Å². The third-order valence-electron chi connectivity index (χ3n) is 3.97. The second kappa shape index (κ2) is 8.74. The summed E-state index contributed by atoms with van der Waals surface area (Å²) in [6.07, 6.45) is 0. The van der Waals surface area contributed by atoms with Crippen molar-refractivity contribution >= 4 is 5.96 Å². The quantitative estimate of drug-likeness (QED) is 0.649. The Balaban J connectivity index is 2.01. The zero-order chi connectivity index (χ0) is 18.2. The molecule has 0 spiro atoms. The average molecular weight is 336 g/mol. The van der Waals surface area contributed by atoms with E-state index in [1.165, 1.54) is 5.56 Å². The molecular weight excluding hydrogens is 312 g/mol. The van der Waals surface area contributed by atoms with Crippen LogP contribution in [0.5, 0.6) is 5.75 Å². The molecule has 0 aliphatic rings. The molecule has 0 fully saturated rings. The molecular formula is C20H24N4O. The number of methoxy groups -OCH3 is 1. The zero-order valence-electron chi connectivity index (χ0n) is 15.1. The maximum atomic E-state index is 8.85. The first-order valence-electron chi connectivity index (χ1n) is 8.18. The fourth-order valence-electron chi connectivity index (χ4n) is 2.55. The van der Waals surface area contributed by atoms with E-state index in [4.69, 9.17) is 10.00 Å². The Kier molecular flexibility index (Phi) is 6.41. The normalized spacial score (nSPS) is 12.2. The molecule has 0 saturated carbocycles. The smallest absolute Gasteiger partial charge is 0.191 e. The van der Waals surface area contributed by atoms with Crippen LogP contribution in [-0.4, -0.2) is 20.1 Å². The lowest BCUT2D eigenvalue weighted by Gasteiger charge is -2.20. The SMILES string of the molecule is CN=C(NCc1ccc(C#N)cc1)NC(C)c1cc(C)ccc1OC. The molecule has 0 heterocycles. The molecule has 0 aromatic heterocycles.